The maximum absolute atomic E-state index is 13.6. The Morgan fingerprint density at radius 3 is 2.71 bits per heavy atom. The van der Waals surface area contributed by atoms with Gasteiger partial charge in [-0.25, -0.2) is 4.39 Å². The summed E-state index contributed by atoms with van der Waals surface area (Å²) in [5.41, 5.74) is 5.83. The molecule has 0 bridgehead atoms. The standard InChI is InChI=1S/C13H19FN2O/c1-3-5-10(4-2)16-12-8-9(13(15)17)6-7-11(12)14/h6-8,10,16H,3-5H2,1-2H3,(H2,15,17). The average molecular weight is 238 g/mol. The van der Waals surface area contributed by atoms with E-state index in [9.17, 15) is 9.18 Å². The van der Waals surface area contributed by atoms with Crippen LogP contribution >= 0.6 is 0 Å². The summed E-state index contributed by atoms with van der Waals surface area (Å²) in [5.74, 6) is -0.902. The number of carbonyl (C=O) groups excluding carboxylic acids is 1. The van der Waals surface area contributed by atoms with Crippen molar-refractivity contribution in [2.45, 2.75) is 39.2 Å². The van der Waals surface area contributed by atoms with Crippen LogP contribution in [0.2, 0.25) is 0 Å². The maximum atomic E-state index is 13.6. The van der Waals surface area contributed by atoms with Gasteiger partial charge in [-0.2, -0.15) is 0 Å². The minimum Gasteiger partial charge on any atom is -0.380 e. The van der Waals surface area contributed by atoms with Crippen molar-refractivity contribution in [3.63, 3.8) is 0 Å². The number of hydrogen-bond donors (Lipinski definition) is 2. The van der Waals surface area contributed by atoms with Crippen LogP contribution in [-0.2, 0) is 0 Å². The minimum atomic E-state index is -0.545. The molecule has 1 amide bonds. The number of nitrogens with two attached hydrogens (primary N) is 1. The van der Waals surface area contributed by atoms with Gasteiger partial charge >= 0.3 is 0 Å². The van der Waals surface area contributed by atoms with Crippen molar-refractivity contribution >= 4 is 11.6 Å². The molecular weight excluding hydrogens is 219 g/mol. The first-order chi connectivity index (χ1) is 8.08. The van der Waals surface area contributed by atoms with E-state index in [2.05, 4.69) is 12.2 Å². The topological polar surface area (TPSA) is 55.1 Å². The number of anilines is 1. The molecule has 3 N–H and O–H groups in total. The molecule has 1 aromatic rings. The van der Waals surface area contributed by atoms with Crippen LogP contribution in [0.5, 0.6) is 0 Å². The first-order valence-corrected chi connectivity index (χ1v) is 5.94. The molecule has 0 spiro atoms. The fraction of sp³-hybridized carbons (Fsp3) is 0.462. The van der Waals surface area contributed by atoms with E-state index >= 15 is 0 Å². The van der Waals surface area contributed by atoms with Crippen LogP contribution in [0.25, 0.3) is 0 Å². The van der Waals surface area contributed by atoms with Crippen molar-refractivity contribution in [3.8, 4) is 0 Å². The van der Waals surface area contributed by atoms with Gasteiger partial charge in [0.1, 0.15) is 5.82 Å². The van der Waals surface area contributed by atoms with Gasteiger partial charge in [-0.1, -0.05) is 20.3 Å². The highest BCUT2D eigenvalue weighted by Gasteiger charge is 2.10. The third-order valence-corrected chi connectivity index (χ3v) is 2.74. The first-order valence-electron chi connectivity index (χ1n) is 5.94. The molecule has 0 aliphatic carbocycles. The molecule has 0 aliphatic rings. The Morgan fingerprint density at radius 1 is 1.47 bits per heavy atom. The van der Waals surface area contributed by atoms with Crippen molar-refractivity contribution in [2.75, 3.05) is 5.32 Å². The van der Waals surface area contributed by atoms with Crippen molar-refractivity contribution in [2.24, 2.45) is 5.73 Å². The van der Waals surface area contributed by atoms with Gasteiger partial charge < -0.3 is 11.1 Å². The van der Waals surface area contributed by atoms with Crippen molar-refractivity contribution in [1.82, 2.24) is 0 Å². The fourth-order valence-corrected chi connectivity index (χ4v) is 1.74. The van der Waals surface area contributed by atoms with Crippen LogP contribution in [0.15, 0.2) is 18.2 Å². The lowest BCUT2D eigenvalue weighted by atomic mass is 10.1. The molecule has 0 fully saturated rings. The summed E-state index contributed by atoms with van der Waals surface area (Å²) < 4.78 is 13.6. The van der Waals surface area contributed by atoms with Gasteiger partial charge in [0.05, 0.1) is 5.69 Å². The molecule has 0 saturated carbocycles. The smallest absolute Gasteiger partial charge is 0.248 e. The number of rotatable bonds is 6. The predicted molar refractivity (Wildman–Crippen MR) is 67.5 cm³/mol. The van der Waals surface area contributed by atoms with E-state index in [-0.39, 0.29) is 11.9 Å². The van der Waals surface area contributed by atoms with Gasteiger partial charge in [0.15, 0.2) is 0 Å². The average Bonchev–Trinajstić information content (AvgIpc) is 2.30. The third-order valence-electron chi connectivity index (χ3n) is 2.74. The second-order valence-corrected chi connectivity index (χ2v) is 4.10. The molecule has 17 heavy (non-hydrogen) atoms. The summed E-state index contributed by atoms with van der Waals surface area (Å²) in [6.45, 7) is 4.13. The van der Waals surface area contributed by atoms with E-state index in [1.165, 1.54) is 18.2 Å². The van der Waals surface area contributed by atoms with E-state index in [1.807, 2.05) is 6.92 Å². The van der Waals surface area contributed by atoms with E-state index in [0.717, 1.165) is 19.3 Å². The Hall–Kier alpha value is -1.58. The molecule has 0 aromatic heterocycles. The normalized spacial score (nSPS) is 12.2. The van der Waals surface area contributed by atoms with Crippen LogP contribution in [0.3, 0.4) is 0 Å². The molecule has 0 radical (unpaired) electrons. The molecule has 0 heterocycles. The van der Waals surface area contributed by atoms with Crippen molar-refractivity contribution in [3.05, 3.63) is 29.6 Å². The SMILES string of the molecule is CCCC(CC)Nc1cc(C(N)=O)ccc1F. The molecule has 4 heteroatoms. The van der Waals surface area contributed by atoms with Gasteiger partial charge in [0.25, 0.3) is 0 Å². The Kier molecular flexibility index (Phi) is 4.94. The zero-order valence-corrected chi connectivity index (χ0v) is 10.3. The van der Waals surface area contributed by atoms with Crippen LogP contribution in [-0.4, -0.2) is 11.9 Å². The Labute approximate surface area is 101 Å². The van der Waals surface area contributed by atoms with Gasteiger partial charge in [-0.3, -0.25) is 4.79 Å². The highest BCUT2D eigenvalue weighted by molar-refractivity contribution is 5.93. The largest absolute Gasteiger partial charge is 0.380 e. The summed E-state index contributed by atoms with van der Waals surface area (Å²) in [6, 6.07) is 4.35. The number of benzene rings is 1. The lowest BCUT2D eigenvalue weighted by molar-refractivity contribution is 0.100. The van der Waals surface area contributed by atoms with Gasteiger partial charge in [0, 0.05) is 11.6 Å². The van der Waals surface area contributed by atoms with Crippen LogP contribution < -0.4 is 11.1 Å². The molecule has 94 valence electrons. The van der Waals surface area contributed by atoms with Crippen molar-refractivity contribution < 1.29 is 9.18 Å². The quantitative estimate of drug-likeness (QED) is 0.800. The van der Waals surface area contributed by atoms with Gasteiger partial charge in [-0.05, 0) is 31.0 Å². The number of hydrogen-bond acceptors (Lipinski definition) is 2. The van der Waals surface area contributed by atoms with Gasteiger partial charge in [-0.15, -0.1) is 0 Å². The molecule has 0 saturated heterocycles. The molecule has 1 unspecified atom stereocenters. The van der Waals surface area contributed by atoms with Crippen molar-refractivity contribution in [1.29, 1.82) is 0 Å². The fourth-order valence-electron chi connectivity index (χ4n) is 1.74. The maximum Gasteiger partial charge on any atom is 0.248 e. The third kappa shape index (κ3) is 3.73. The first kappa shape index (κ1) is 13.5. The molecule has 1 atom stereocenters. The van der Waals surface area contributed by atoms with E-state index in [4.69, 9.17) is 5.73 Å². The Bertz CT molecular complexity index is 393. The summed E-state index contributed by atoms with van der Waals surface area (Å²) >= 11 is 0. The highest BCUT2D eigenvalue weighted by atomic mass is 19.1. The van der Waals surface area contributed by atoms with E-state index in [1.54, 1.807) is 0 Å². The number of amides is 1. The number of halogens is 1. The van der Waals surface area contributed by atoms with E-state index < -0.39 is 5.91 Å². The van der Waals surface area contributed by atoms with Crippen LogP contribution in [0, 0.1) is 5.82 Å². The second-order valence-electron chi connectivity index (χ2n) is 4.10. The number of primary amides is 1. The summed E-state index contributed by atoms with van der Waals surface area (Å²) in [6.07, 6.45) is 2.91. The predicted octanol–water partition coefficient (Wildman–Crippen LogP) is 2.92. The number of nitrogens with one attached hydrogen (secondary N) is 1. The summed E-state index contributed by atoms with van der Waals surface area (Å²) in [4.78, 5) is 11.0. The lowest BCUT2D eigenvalue weighted by Crippen LogP contribution is -2.19. The number of carbonyl (C=O) groups is 1. The molecule has 3 nitrogen and oxygen atoms in total. The Balaban J connectivity index is 2.88. The summed E-state index contributed by atoms with van der Waals surface area (Å²) in [7, 11) is 0. The van der Waals surface area contributed by atoms with Gasteiger partial charge in [0.2, 0.25) is 5.91 Å². The zero-order chi connectivity index (χ0) is 12.8. The second kappa shape index (κ2) is 6.23. The minimum absolute atomic E-state index is 0.220. The molecule has 1 aromatic carbocycles. The molecule has 1 rings (SSSR count). The summed E-state index contributed by atoms with van der Waals surface area (Å²) in [5, 5.41) is 3.11. The zero-order valence-electron chi connectivity index (χ0n) is 10.3. The molecular formula is C13H19FN2O. The lowest BCUT2D eigenvalue weighted by Gasteiger charge is -2.18. The Morgan fingerprint density at radius 2 is 2.18 bits per heavy atom. The molecule has 0 aliphatic heterocycles. The monoisotopic (exact) mass is 238 g/mol. The van der Waals surface area contributed by atoms with Crippen LogP contribution in [0.4, 0.5) is 10.1 Å². The van der Waals surface area contributed by atoms with Crippen LogP contribution in [0.1, 0.15) is 43.5 Å². The van der Waals surface area contributed by atoms with E-state index in [0.29, 0.717) is 11.3 Å². The highest BCUT2D eigenvalue weighted by Crippen LogP contribution is 2.19.